The zero-order valence-electron chi connectivity index (χ0n) is 14.9. The zero-order valence-corrected chi connectivity index (χ0v) is 14.9. The fraction of sp³-hybridized carbons (Fsp3) is 0.474. The number of aryl methyl sites for hydroxylation is 1. The van der Waals surface area contributed by atoms with Crippen molar-refractivity contribution in [2.24, 2.45) is 0 Å². The van der Waals surface area contributed by atoms with Gasteiger partial charge in [0.05, 0.1) is 23.5 Å². The molecule has 25 heavy (non-hydrogen) atoms. The Morgan fingerprint density at radius 3 is 2.56 bits per heavy atom. The second kappa shape index (κ2) is 7.27. The first kappa shape index (κ1) is 17.5. The predicted octanol–water partition coefficient (Wildman–Crippen LogP) is 2.59. The standard InChI is InChI=1S/C19H26N4O2/c1-14-17(15(2)23(22-14)16-8-4-3-5-9-16)12-20-18(25)21-19(13-24)10-6-7-11-19/h3-5,8-9,24H,6-7,10-13H2,1-2H3,(H2,20,21,25). The highest BCUT2D eigenvalue weighted by Gasteiger charge is 2.34. The van der Waals surface area contributed by atoms with E-state index in [1.807, 2.05) is 48.9 Å². The van der Waals surface area contributed by atoms with Crippen molar-refractivity contribution in [1.82, 2.24) is 20.4 Å². The van der Waals surface area contributed by atoms with Crippen LogP contribution in [0, 0.1) is 13.8 Å². The number of aliphatic hydroxyl groups excluding tert-OH is 1. The van der Waals surface area contributed by atoms with Gasteiger partial charge in [-0.05, 0) is 38.8 Å². The molecular weight excluding hydrogens is 316 g/mol. The molecule has 2 amide bonds. The van der Waals surface area contributed by atoms with Crippen LogP contribution in [0.15, 0.2) is 30.3 Å². The van der Waals surface area contributed by atoms with E-state index in [0.717, 1.165) is 48.3 Å². The normalized spacial score (nSPS) is 16.0. The van der Waals surface area contributed by atoms with Crippen LogP contribution in [0.1, 0.15) is 42.6 Å². The van der Waals surface area contributed by atoms with Crippen LogP contribution in [-0.4, -0.2) is 33.1 Å². The fourth-order valence-corrected chi connectivity index (χ4v) is 3.58. The van der Waals surface area contributed by atoms with Crippen LogP contribution in [0.25, 0.3) is 5.69 Å². The number of aromatic nitrogens is 2. The third-order valence-corrected chi connectivity index (χ3v) is 5.11. The summed E-state index contributed by atoms with van der Waals surface area (Å²) in [6.45, 7) is 4.36. The second-order valence-corrected chi connectivity index (χ2v) is 6.85. The van der Waals surface area contributed by atoms with Crippen molar-refractivity contribution < 1.29 is 9.90 Å². The van der Waals surface area contributed by atoms with Crippen molar-refractivity contribution in [2.45, 2.75) is 51.6 Å². The molecule has 134 valence electrons. The Bertz CT molecular complexity index is 733. The number of rotatable bonds is 5. The number of hydrogen-bond acceptors (Lipinski definition) is 3. The number of nitrogens with one attached hydrogen (secondary N) is 2. The lowest BCUT2D eigenvalue weighted by atomic mass is 9.99. The Morgan fingerprint density at radius 2 is 1.92 bits per heavy atom. The topological polar surface area (TPSA) is 79.2 Å². The number of carbonyl (C=O) groups excluding carboxylic acids is 1. The van der Waals surface area contributed by atoms with E-state index in [0.29, 0.717) is 6.54 Å². The molecule has 3 N–H and O–H groups in total. The van der Waals surface area contributed by atoms with E-state index in [-0.39, 0.29) is 12.6 Å². The monoisotopic (exact) mass is 342 g/mol. The first-order valence-electron chi connectivity index (χ1n) is 8.82. The van der Waals surface area contributed by atoms with Crippen LogP contribution in [0.5, 0.6) is 0 Å². The Balaban J connectivity index is 1.67. The van der Waals surface area contributed by atoms with Gasteiger partial charge in [0.1, 0.15) is 0 Å². The van der Waals surface area contributed by atoms with Gasteiger partial charge in [-0.3, -0.25) is 0 Å². The lowest BCUT2D eigenvalue weighted by molar-refractivity contribution is 0.162. The summed E-state index contributed by atoms with van der Waals surface area (Å²) >= 11 is 0. The number of nitrogens with zero attached hydrogens (tertiary/aromatic N) is 2. The SMILES string of the molecule is Cc1nn(-c2ccccc2)c(C)c1CNC(=O)NC1(CO)CCCC1. The quantitative estimate of drug-likeness (QED) is 0.781. The van der Waals surface area contributed by atoms with E-state index in [9.17, 15) is 9.90 Å². The molecule has 2 aromatic rings. The van der Waals surface area contributed by atoms with Gasteiger partial charge in [0.2, 0.25) is 0 Å². The molecule has 6 nitrogen and oxygen atoms in total. The predicted molar refractivity (Wildman–Crippen MR) is 96.7 cm³/mol. The van der Waals surface area contributed by atoms with Crippen LogP contribution >= 0.6 is 0 Å². The third kappa shape index (κ3) is 3.69. The summed E-state index contributed by atoms with van der Waals surface area (Å²) in [5.74, 6) is 0. The summed E-state index contributed by atoms with van der Waals surface area (Å²) in [7, 11) is 0. The van der Waals surface area contributed by atoms with E-state index in [1.54, 1.807) is 0 Å². The van der Waals surface area contributed by atoms with Crippen molar-refractivity contribution in [3.63, 3.8) is 0 Å². The maximum atomic E-state index is 12.3. The summed E-state index contributed by atoms with van der Waals surface area (Å²) in [6.07, 6.45) is 3.76. The summed E-state index contributed by atoms with van der Waals surface area (Å²) in [6, 6.07) is 9.72. The van der Waals surface area contributed by atoms with E-state index in [2.05, 4.69) is 15.7 Å². The molecule has 0 bridgehead atoms. The average Bonchev–Trinajstić information content (AvgIpc) is 3.19. The van der Waals surface area contributed by atoms with Crippen molar-refractivity contribution in [3.05, 3.63) is 47.3 Å². The molecule has 1 aliphatic carbocycles. The molecule has 0 spiro atoms. The Morgan fingerprint density at radius 1 is 1.24 bits per heavy atom. The summed E-state index contributed by atoms with van der Waals surface area (Å²) in [5.41, 5.74) is 3.48. The summed E-state index contributed by atoms with van der Waals surface area (Å²) in [5, 5.41) is 20.1. The minimum Gasteiger partial charge on any atom is -0.394 e. The number of benzene rings is 1. The summed E-state index contributed by atoms with van der Waals surface area (Å²) < 4.78 is 1.90. The van der Waals surface area contributed by atoms with Crippen molar-refractivity contribution in [3.8, 4) is 5.69 Å². The van der Waals surface area contributed by atoms with Gasteiger partial charge in [0, 0.05) is 17.8 Å². The highest BCUT2D eigenvalue weighted by molar-refractivity contribution is 5.75. The van der Waals surface area contributed by atoms with Gasteiger partial charge in [-0.1, -0.05) is 31.0 Å². The molecule has 1 aliphatic rings. The van der Waals surface area contributed by atoms with Gasteiger partial charge >= 0.3 is 6.03 Å². The number of hydrogen-bond donors (Lipinski definition) is 3. The second-order valence-electron chi connectivity index (χ2n) is 6.85. The van der Waals surface area contributed by atoms with Gasteiger partial charge < -0.3 is 15.7 Å². The van der Waals surface area contributed by atoms with Crippen LogP contribution in [0.3, 0.4) is 0 Å². The number of para-hydroxylation sites is 1. The van der Waals surface area contributed by atoms with Crippen LogP contribution in [-0.2, 0) is 6.54 Å². The first-order chi connectivity index (χ1) is 12.0. The first-order valence-corrected chi connectivity index (χ1v) is 8.82. The molecule has 1 fully saturated rings. The molecule has 3 rings (SSSR count). The van der Waals surface area contributed by atoms with Gasteiger partial charge in [0.15, 0.2) is 0 Å². The van der Waals surface area contributed by atoms with E-state index < -0.39 is 5.54 Å². The molecule has 1 heterocycles. The molecule has 6 heteroatoms. The maximum absolute atomic E-state index is 12.3. The fourth-order valence-electron chi connectivity index (χ4n) is 3.58. The van der Waals surface area contributed by atoms with Gasteiger partial charge in [-0.25, -0.2) is 9.48 Å². The lowest BCUT2D eigenvalue weighted by Gasteiger charge is -2.28. The number of aliphatic hydroxyl groups is 1. The minimum atomic E-state index is -0.456. The zero-order chi connectivity index (χ0) is 17.9. The van der Waals surface area contributed by atoms with Gasteiger partial charge in [0.25, 0.3) is 0 Å². The van der Waals surface area contributed by atoms with Crippen LogP contribution in [0.2, 0.25) is 0 Å². The van der Waals surface area contributed by atoms with E-state index >= 15 is 0 Å². The molecule has 0 unspecified atom stereocenters. The van der Waals surface area contributed by atoms with E-state index in [4.69, 9.17) is 0 Å². The average molecular weight is 342 g/mol. The Kier molecular flexibility index (Phi) is 5.08. The largest absolute Gasteiger partial charge is 0.394 e. The minimum absolute atomic E-state index is 0.00951. The van der Waals surface area contributed by atoms with Crippen LogP contribution in [0.4, 0.5) is 4.79 Å². The molecule has 0 aliphatic heterocycles. The number of carbonyl (C=O) groups is 1. The van der Waals surface area contributed by atoms with Gasteiger partial charge in [-0.2, -0.15) is 5.10 Å². The number of amides is 2. The smallest absolute Gasteiger partial charge is 0.315 e. The Hall–Kier alpha value is -2.34. The molecule has 1 saturated carbocycles. The van der Waals surface area contributed by atoms with Gasteiger partial charge in [-0.15, -0.1) is 0 Å². The third-order valence-electron chi connectivity index (χ3n) is 5.11. The lowest BCUT2D eigenvalue weighted by Crippen LogP contribution is -2.52. The van der Waals surface area contributed by atoms with E-state index in [1.165, 1.54) is 0 Å². The molecule has 0 atom stereocenters. The molecule has 1 aromatic carbocycles. The highest BCUT2D eigenvalue weighted by Crippen LogP contribution is 2.29. The molecular formula is C19H26N4O2. The number of urea groups is 1. The summed E-state index contributed by atoms with van der Waals surface area (Å²) in [4.78, 5) is 12.3. The molecule has 1 aromatic heterocycles. The van der Waals surface area contributed by atoms with Crippen molar-refractivity contribution in [2.75, 3.05) is 6.61 Å². The molecule has 0 saturated heterocycles. The van der Waals surface area contributed by atoms with Crippen molar-refractivity contribution >= 4 is 6.03 Å². The van der Waals surface area contributed by atoms with Crippen LogP contribution < -0.4 is 10.6 Å². The maximum Gasteiger partial charge on any atom is 0.315 e. The molecule has 0 radical (unpaired) electrons. The van der Waals surface area contributed by atoms with Crippen molar-refractivity contribution in [1.29, 1.82) is 0 Å². The Labute approximate surface area is 148 Å². The highest BCUT2D eigenvalue weighted by atomic mass is 16.3.